The molecule has 254 valence electrons. The van der Waals surface area contributed by atoms with Gasteiger partial charge in [-0.1, -0.05) is 170 Å². The molecule has 0 spiro atoms. The Hall–Kier alpha value is -7.16. The normalized spacial score (nSPS) is 11.3. The van der Waals surface area contributed by atoms with Crippen molar-refractivity contribution in [2.75, 3.05) is 4.90 Å². The van der Waals surface area contributed by atoms with Crippen LogP contribution < -0.4 is 4.90 Å². The lowest BCUT2D eigenvalue weighted by Gasteiger charge is -2.26. The Balaban J connectivity index is 1.14. The zero-order valence-corrected chi connectivity index (χ0v) is 29.6. The molecular weight excluding hydrogens is 655 g/mol. The number of benzene rings is 9. The minimum atomic E-state index is 0.859. The van der Waals surface area contributed by atoms with Gasteiger partial charge in [-0.05, 0) is 92.4 Å². The molecule has 1 heterocycles. The molecule has 0 unspecified atom stereocenters. The topological polar surface area (TPSA) is 16.4 Å². The average Bonchev–Trinajstić information content (AvgIpc) is 3.64. The average molecular weight is 690 g/mol. The van der Waals surface area contributed by atoms with Gasteiger partial charge in [0.2, 0.25) is 0 Å². The van der Waals surface area contributed by atoms with Crippen molar-refractivity contribution in [3.63, 3.8) is 0 Å². The number of furan rings is 1. The van der Waals surface area contributed by atoms with Crippen LogP contribution in [0, 0.1) is 0 Å². The van der Waals surface area contributed by atoms with Crippen LogP contribution >= 0.6 is 0 Å². The molecule has 0 N–H and O–H groups in total. The van der Waals surface area contributed by atoms with Crippen molar-refractivity contribution in [2.24, 2.45) is 0 Å². The maximum atomic E-state index is 6.83. The van der Waals surface area contributed by atoms with Crippen molar-refractivity contribution in [1.82, 2.24) is 0 Å². The van der Waals surface area contributed by atoms with Gasteiger partial charge in [0.25, 0.3) is 0 Å². The van der Waals surface area contributed by atoms with Gasteiger partial charge in [-0.15, -0.1) is 0 Å². The Labute approximate surface area is 314 Å². The van der Waals surface area contributed by atoms with Gasteiger partial charge in [-0.3, -0.25) is 0 Å². The van der Waals surface area contributed by atoms with Crippen LogP contribution in [0.5, 0.6) is 0 Å². The Bertz CT molecular complexity index is 2890. The molecule has 9 aromatic carbocycles. The van der Waals surface area contributed by atoms with Crippen molar-refractivity contribution >= 4 is 49.8 Å². The number of nitrogens with zero attached hydrogens (tertiary/aromatic N) is 1. The summed E-state index contributed by atoms with van der Waals surface area (Å²) in [6.45, 7) is 0. The number of hydrogen-bond donors (Lipinski definition) is 0. The number of rotatable bonds is 7. The monoisotopic (exact) mass is 689 g/mol. The van der Waals surface area contributed by atoms with E-state index >= 15 is 0 Å². The van der Waals surface area contributed by atoms with Crippen LogP contribution in [0.15, 0.2) is 217 Å². The van der Waals surface area contributed by atoms with Crippen LogP contribution in [0.25, 0.3) is 77.2 Å². The third kappa shape index (κ3) is 5.53. The molecule has 0 aliphatic carbocycles. The molecule has 0 radical (unpaired) electrons. The summed E-state index contributed by atoms with van der Waals surface area (Å²) in [5.41, 5.74) is 14.5. The Kier molecular flexibility index (Phi) is 7.85. The first-order chi connectivity index (χ1) is 26.8. The molecule has 0 fully saturated rings. The van der Waals surface area contributed by atoms with Crippen LogP contribution in [-0.2, 0) is 0 Å². The van der Waals surface area contributed by atoms with Gasteiger partial charge in [0.05, 0.1) is 11.1 Å². The quantitative estimate of drug-likeness (QED) is 0.166. The number of anilines is 3. The van der Waals surface area contributed by atoms with E-state index < -0.39 is 0 Å². The minimum Gasteiger partial charge on any atom is -0.455 e. The largest absolute Gasteiger partial charge is 0.455 e. The van der Waals surface area contributed by atoms with Crippen molar-refractivity contribution < 1.29 is 4.42 Å². The van der Waals surface area contributed by atoms with Crippen LogP contribution in [0.4, 0.5) is 17.1 Å². The molecule has 0 saturated carbocycles. The van der Waals surface area contributed by atoms with E-state index in [1.807, 2.05) is 0 Å². The first-order valence-electron chi connectivity index (χ1n) is 18.4. The van der Waals surface area contributed by atoms with Crippen molar-refractivity contribution in [3.05, 3.63) is 212 Å². The highest BCUT2D eigenvalue weighted by molar-refractivity contribution is 6.23. The summed E-state index contributed by atoms with van der Waals surface area (Å²) in [6.07, 6.45) is 0. The molecule has 0 aliphatic rings. The Morgan fingerprint density at radius 3 is 1.48 bits per heavy atom. The smallest absolute Gasteiger partial charge is 0.143 e. The zero-order valence-electron chi connectivity index (χ0n) is 29.6. The van der Waals surface area contributed by atoms with Gasteiger partial charge in [0.15, 0.2) is 0 Å². The number of hydrogen-bond acceptors (Lipinski definition) is 2. The van der Waals surface area contributed by atoms with E-state index in [9.17, 15) is 0 Å². The highest BCUT2D eigenvalue weighted by atomic mass is 16.3. The van der Waals surface area contributed by atoms with Gasteiger partial charge in [-0.25, -0.2) is 0 Å². The molecule has 0 atom stereocenters. The van der Waals surface area contributed by atoms with E-state index in [1.54, 1.807) is 0 Å². The molecule has 10 aromatic rings. The van der Waals surface area contributed by atoms with E-state index in [0.29, 0.717) is 0 Å². The number of fused-ring (bicyclic) bond motifs is 5. The lowest BCUT2D eigenvalue weighted by molar-refractivity contribution is 0.672. The molecular formula is C52H35NO. The van der Waals surface area contributed by atoms with E-state index in [4.69, 9.17) is 4.42 Å². The third-order valence-electron chi connectivity index (χ3n) is 10.5. The second-order valence-electron chi connectivity index (χ2n) is 13.7. The predicted octanol–water partition coefficient (Wildman–Crippen LogP) is 14.9. The summed E-state index contributed by atoms with van der Waals surface area (Å²) in [5, 5.41) is 4.44. The van der Waals surface area contributed by atoms with Gasteiger partial charge < -0.3 is 9.32 Å². The molecule has 0 aliphatic heterocycles. The van der Waals surface area contributed by atoms with Gasteiger partial charge in [0, 0.05) is 22.1 Å². The van der Waals surface area contributed by atoms with Gasteiger partial charge >= 0.3 is 0 Å². The summed E-state index contributed by atoms with van der Waals surface area (Å²) in [7, 11) is 0. The first kappa shape index (κ1) is 31.6. The lowest BCUT2D eigenvalue weighted by atomic mass is 9.90. The fraction of sp³-hybridized carbons (Fsp3) is 0. The molecule has 54 heavy (non-hydrogen) atoms. The van der Waals surface area contributed by atoms with Gasteiger partial charge in [-0.2, -0.15) is 0 Å². The maximum absolute atomic E-state index is 6.83. The standard InChI is InChI=1S/C52H35NO/c1-4-15-36(16-5-1)37-27-29-38(30-28-37)39-31-33-42(34-32-39)53(41-19-8-3-9-20-41)49-25-14-26-50-51(49)48-35-47(45-23-12-13-24-46(45)52(48)54-50)44-22-11-10-21-43(44)40-17-6-2-7-18-40/h1-35H. The fourth-order valence-corrected chi connectivity index (χ4v) is 7.92. The van der Waals surface area contributed by atoms with Crippen LogP contribution in [-0.4, -0.2) is 0 Å². The number of para-hydroxylation sites is 1. The van der Waals surface area contributed by atoms with E-state index in [1.165, 1.54) is 49.9 Å². The van der Waals surface area contributed by atoms with E-state index in [-0.39, 0.29) is 0 Å². The molecule has 1 aromatic heterocycles. The van der Waals surface area contributed by atoms with Crippen molar-refractivity contribution in [2.45, 2.75) is 0 Å². The fourth-order valence-electron chi connectivity index (χ4n) is 7.92. The molecule has 0 amide bonds. The van der Waals surface area contributed by atoms with Gasteiger partial charge in [0.1, 0.15) is 11.2 Å². The van der Waals surface area contributed by atoms with Crippen LogP contribution in [0.3, 0.4) is 0 Å². The zero-order chi connectivity index (χ0) is 35.8. The van der Waals surface area contributed by atoms with E-state index in [2.05, 4.69) is 217 Å². The summed E-state index contributed by atoms with van der Waals surface area (Å²) in [5.74, 6) is 0. The molecule has 2 heteroatoms. The highest BCUT2D eigenvalue weighted by Crippen LogP contribution is 2.47. The molecule has 0 bridgehead atoms. The highest BCUT2D eigenvalue weighted by Gasteiger charge is 2.22. The van der Waals surface area contributed by atoms with Crippen molar-refractivity contribution in [1.29, 1.82) is 0 Å². The summed E-state index contributed by atoms with van der Waals surface area (Å²) >= 11 is 0. The molecule has 2 nitrogen and oxygen atoms in total. The Morgan fingerprint density at radius 1 is 0.315 bits per heavy atom. The predicted molar refractivity (Wildman–Crippen MR) is 228 cm³/mol. The second kappa shape index (κ2) is 13.4. The third-order valence-corrected chi connectivity index (χ3v) is 10.5. The summed E-state index contributed by atoms with van der Waals surface area (Å²) in [4.78, 5) is 2.35. The second-order valence-corrected chi connectivity index (χ2v) is 13.7. The lowest BCUT2D eigenvalue weighted by Crippen LogP contribution is -2.10. The first-order valence-corrected chi connectivity index (χ1v) is 18.4. The maximum Gasteiger partial charge on any atom is 0.143 e. The minimum absolute atomic E-state index is 0.859. The summed E-state index contributed by atoms with van der Waals surface area (Å²) < 4.78 is 6.83. The SMILES string of the molecule is c1ccc(-c2ccc(-c3ccc(N(c4ccccc4)c4cccc5oc6c7ccccc7c(-c7ccccc7-c7ccccc7)cc6c45)cc3)cc2)cc1. The molecule has 10 rings (SSSR count). The van der Waals surface area contributed by atoms with Crippen molar-refractivity contribution in [3.8, 4) is 44.5 Å². The Morgan fingerprint density at radius 2 is 0.815 bits per heavy atom. The van der Waals surface area contributed by atoms with Crippen LogP contribution in [0.1, 0.15) is 0 Å². The summed E-state index contributed by atoms with van der Waals surface area (Å²) in [6, 6.07) is 75.7. The van der Waals surface area contributed by atoms with Crippen LogP contribution in [0.2, 0.25) is 0 Å². The molecule has 0 saturated heterocycles. The van der Waals surface area contributed by atoms with E-state index in [0.717, 1.165) is 44.4 Å².